The Balaban J connectivity index is 2.50. The standard InChI is InChI=1S/C15H9ClF6N2O3/c16-8-4-5-10(27-13(14(17,18)19)15(20,21)22)9(7-8)12(25)23-11-3-1-2-6-24(11)26/h1-7,13,26H. The van der Waals surface area contributed by atoms with Gasteiger partial charge in [-0.25, -0.2) is 0 Å². The largest absolute Gasteiger partial charge is 0.470 e. The molecule has 0 unspecified atom stereocenters. The van der Waals surface area contributed by atoms with Crippen molar-refractivity contribution in [3.05, 3.63) is 58.7 Å². The van der Waals surface area contributed by atoms with Gasteiger partial charge in [0.1, 0.15) is 5.75 Å². The van der Waals surface area contributed by atoms with Crippen LogP contribution in [0.25, 0.3) is 0 Å². The highest BCUT2D eigenvalue weighted by Gasteiger charge is 2.59. The zero-order chi connectivity index (χ0) is 20.4. The summed E-state index contributed by atoms with van der Waals surface area (Å²) < 4.78 is 80.7. The zero-order valence-corrected chi connectivity index (χ0v) is 13.7. The fraction of sp³-hybridized carbons (Fsp3) is 0.200. The predicted molar refractivity (Wildman–Crippen MR) is 79.5 cm³/mol. The number of aromatic nitrogens is 1. The van der Waals surface area contributed by atoms with Crippen LogP contribution in [0.5, 0.6) is 5.75 Å². The molecule has 0 spiro atoms. The fourth-order valence-electron chi connectivity index (χ4n) is 1.90. The molecule has 0 aliphatic rings. The van der Waals surface area contributed by atoms with Gasteiger partial charge in [0.2, 0.25) is 0 Å². The van der Waals surface area contributed by atoms with Crippen molar-refractivity contribution in [1.82, 2.24) is 4.73 Å². The number of hydrogen-bond acceptors (Lipinski definition) is 3. The second-order valence-corrected chi connectivity index (χ2v) is 5.48. The predicted octanol–water partition coefficient (Wildman–Crippen LogP) is 3.99. The molecule has 1 aromatic carbocycles. The molecule has 1 heterocycles. The van der Waals surface area contributed by atoms with Gasteiger partial charge in [0.25, 0.3) is 12.0 Å². The van der Waals surface area contributed by atoms with Crippen molar-refractivity contribution in [2.45, 2.75) is 18.5 Å². The number of carbonyl (C=O) groups excluding carboxylic acids is 1. The van der Waals surface area contributed by atoms with Crippen molar-refractivity contribution >= 4 is 17.5 Å². The third-order valence-corrected chi connectivity index (χ3v) is 3.28. The molecule has 0 saturated heterocycles. The van der Waals surface area contributed by atoms with Crippen LogP contribution in [0.2, 0.25) is 5.02 Å². The lowest BCUT2D eigenvalue weighted by Crippen LogP contribution is -2.46. The molecule has 0 aliphatic carbocycles. The molecule has 0 radical (unpaired) electrons. The highest BCUT2D eigenvalue weighted by molar-refractivity contribution is 6.31. The Morgan fingerprint density at radius 1 is 1.11 bits per heavy atom. The van der Waals surface area contributed by atoms with Gasteiger partial charge in [-0.1, -0.05) is 17.7 Å². The van der Waals surface area contributed by atoms with E-state index in [9.17, 15) is 36.3 Å². The van der Waals surface area contributed by atoms with Crippen LogP contribution >= 0.6 is 11.6 Å². The van der Waals surface area contributed by atoms with E-state index in [2.05, 4.69) is 9.73 Å². The van der Waals surface area contributed by atoms with E-state index in [0.29, 0.717) is 10.8 Å². The average molecular weight is 415 g/mol. The molecule has 0 atom stereocenters. The van der Waals surface area contributed by atoms with E-state index < -0.39 is 35.7 Å². The van der Waals surface area contributed by atoms with Gasteiger partial charge in [0.15, 0.2) is 5.49 Å². The van der Waals surface area contributed by atoms with E-state index in [0.717, 1.165) is 18.3 Å². The van der Waals surface area contributed by atoms with Crippen LogP contribution in [0.1, 0.15) is 10.4 Å². The van der Waals surface area contributed by atoms with E-state index in [1.165, 1.54) is 18.2 Å². The zero-order valence-electron chi connectivity index (χ0n) is 12.9. The minimum Gasteiger partial charge on any atom is -0.470 e. The molecule has 0 bridgehead atoms. The van der Waals surface area contributed by atoms with Crippen molar-refractivity contribution in [2.75, 3.05) is 0 Å². The lowest BCUT2D eigenvalue weighted by atomic mass is 10.2. The summed E-state index contributed by atoms with van der Waals surface area (Å²) in [5, 5.41) is 9.35. The van der Waals surface area contributed by atoms with Gasteiger partial charge in [0, 0.05) is 11.2 Å². The Morgan fingerprint density at radius 2 is 1.74 bits per heavy atom. The van der Waals surface area contributed by atoms with E-state index >= 15 is 0 Å². The van der Waals surface area contributed by atoms with Gasteiger partial charge in [0.05, 0.1) is 5.56 Å². The molecule has 2 aromatic rings. The Bertz CT molecular complexity index is 893. The number of ether oxygens (including phenoxy) is 1. The normalized spacial score (nSPS) is 13.1. The molecular formula is C15H9ClF6N2O3. The molecule has 5 nitrogen and oxygen atoms in total. The summed E-state index contributed by atoms with van der Waals surface area (Å²) in [6.45, 7) is 0. The van der Waals surface area contributed by atoms with Gasteiger partial charge in [-0.05, 0) is 30.3 Å². The van der Waals surface area contributed by atoms with E-state index in [-0.39, 0.29) is 10.5 Å². The number of hydrogen-bond donors (Lipinski definition) is 1. The van der Waals surface area contributed by atoms with E-state index in [1.54, 1.807) is 0 Å². The number of carbonyl (C=O) groups is 1. The van der Waals surface area contributed by atoms with Gasteiger partial charge in [-0.15, -0.1) is 0 Å². The Morgan fingerprint density at radius 3 is 2.30 bits per heavy atom. The summed E-state index contributed by atoms with van der Waals surface area (Å²) in [5.74, 6) is -2.29. The average Bonchev–Trinajstić information content (AvgIpc) is 2.53. The van der Waals surface area contributed by atoms with Crippen LogP contribution in [0, 0.1) is 0 Å². The number of halogens is 7. The third kappa shape index (κ3) is 5.16. The molecular weight excluding hydrogens is 406 g/mol. The van der Waals surface area contributed by atoms with Crippen molar-refractivity contribution < 1.29 is 41.1 Å². The topological polar surface area (TPSA) is 63.8 Å². The monoisotopic (exact) mass is 414 g/mol. The number of nitrogens with zero attached hydrogens (tertiary/aromatic N) is 2. The number of amides is 1. The van der Waals surface area contributed by atoms with Crippen LogP contribution < -0.4 is 10.2 Å². The van der Waals surface area contributed by atoms with Gasteiger partial charge >= 0.3 is 12.4 Å². The summed E-state index contributed by atoms with van der Waals surface area (Å²) in [6, 6.07) is 6.39. The van der Waals surface area contributed by atoms with Gasteiger partial charge in [-0.2, -0.15) is 36.1 Å². The Labute approximate surface area is 152 Å². The third-order valence-electron chi connectivity index (χ3n) is 3.05. The van der Waals surface area contributed by atoms with Crippen LogP contribution in [-0.2, 0) is 0 Å². The maximum atomic E-state index is 12.7. The number of pyridine rings is 1. The first kappa shape index (κ1) is 20.6. The van der Waals surface area contributed by atoms with Crippen LogP contribution in [0.4, 0.5) is 26.3 Å². The first-order valence-electron chi connectivity index (χ1n) is 6.95. The highest BCUT2D eigenvalue weighted by atomic mass is 35.5. The summed E-state index contributed by atoms with van der Waals surface area (Å²) in [4.78, 5) is 15.7. The molecule has 2 rings (SSSR count). The van der Waals surface area contributed by atoms with Crippen molar-refractivity contribution in [3.63, 3.8) is 0 Å². The maximum absolute atomic E-state index is 12.7. The SMILES string of the molecule is O=C(N=c1ccccn1O)c1cc(Cl)ccc1OC(C(F)(F)F)C(F)(F)F. The second kappa shape index (κ2) is 7.51. The summed E-state index contributed by atoms with van der Waals surface area (Å²) >= 11 is 5.66. The fourth-order valence-corrected chi connectivity index (χ4v) is 2.07. The minimum atomic E-state index is -5.77. The molecule has 27 heavy (non-hydrogen) atoms. The van der Waals surface area contributed by atoms with Crippen molar-refractivity contribution in [2.24, 2.45) is 4.99 Å². The molecule has 1 N–H and O–H groups in total. The number of alkyl halides is 6. The van der Waals surface area contributed by atoms with Crippen LogP contribution in [0.15, 0.2) is 47.6 Å². The minimum absolute atomic E-state index is 0.151. The first-order chi connectivity index (χ1) is 12.4. The molecule has 0 aliphatic heterocycles. The summed E-state index contributed by atoms with van der Waals surface area (Å²) in [6.07, 6.45) is -14.6. The van der Waals surface area contributed by atoms with E-state index in [1.807, 2.05) is 0 Å². The molecule has 0 fully saturated rings. The first-order valence-corrected chi connectivity index (χ1v) is 7.33. The van der Waals surface area contributed by atoms with Crippen LogP contribution in [0.3, 0.4) is 0 Å². The Hall–Kier alpha value is -2.69. The summed E-state index contributed by atoms with van der Waals surface area (Å²) in [5.41, 5.74) is -1.07. The maximum Gasteiger partial charge on any atom is 0.434 e. The molecule has 146 valence electrons. The molecule has 12 heteroatoms. The highest BCUT2D eigenvalue weighted by Crippen LogP contribution is 2.37. The molecule has 0 saturated carbocycles. The lowest BCUT2D eigenvalue weighted by Gasteiger charge is -2.24. The van der Waals surface area contributed by atoms with Gasteiger partial charge in [-0.3, -0.25) is 4.79 Å². The molecule has 1 amide bonds. The second-order valence-electron chi connectivity index (χ2n) is 5.04. The Kier molecular flexibility index (Phi) is 5.73. The van der Waals surface area contributed by atoms with E-state index in [4.69, 9.17) is 11.6 Å². The van der Waals surface area contributed by atoms with Crippen molar-refractivity contribution in [1.29, 1.82) is 0 Å². The summed E-state index contributed by atoms with van der Waals surface area (Å²) in [7, 11) is 0. The van der Waals surface area contributed by atoms with Crippen LogP contribution in [-0.4, -0.2) is 34.3 Å². The van der Waals surface area contributed by atoms with Crippen molar-refractivity contribution in [3.8, 4) is 5.75 Å². The lowest BCUT2D eigenvalue weighted by molar-refractivity contribution is -0.299. The quantitative estimate of drug-likeness (QED) is 0.610. The number of rotatable bonds is 3. The molecule has 1 aromatic heterocycles. The van der Waals surface area contributed by atoms with Gasteiger partial charge < -0.3 is 9.94 Å². The smallest absolute Gasteiger partial charge is 0.434 e. The number of benzene rings is 1.